The molecule has 0 bridgehead atoms. The summed E-state index contributed by atoms with van der Waals surface area (Å²) in [6.07, 6.45) is 3.06. The van der Waals surface area contributed by atoms with E-state index in [-0.39, 0.29) is 11.4 Å². The van der Waals surface area contributed by atoms with Crippen LogP contribution in [0.4, 0.5) is 0 Å². The van der Waals surface area contributed by atoms with Gasteiger partial charge < -0.3 is 10.6 Å². The maximum Gasteiger partial charge on any atom is 0.243 e. The smallest absolute Gasteiger partial charge is 0.243 e. The molecule has 0 heterocycles. The van der Waals surface area contributed by atoms with Gasteiger partial charge in [0.05, 0.1) is 5.54 Å². The first-order valence-corrected chi connectivity index (χ1v) is 5.94. The molecule has 0 saturated carbocycles. The highest BCUT2D eigenvalue weighted by Crippen LogP contribution is 2.21. The zero-order valence-corrected chi connectivity index (χ0v) is 11.3. The van der Waals surface area contributed by atoms with Gasteiger partial charge in [-0.1, -0.05) is 19.9 Å². The van der Waals surface area contributed by atoms with Crippen molar-refractivity contribution < 1.29 is 4.79 Å². The lowest BCUT2D eigenvalue weighted by molar-refractivity contribution is -0.141. The fraction of sp³-hybridized carbons (Fsp3) is 0.769. The van der Waals surface area contributed by atoms with E-state index in [4.69, 9.17) is 5.73 Å². The van der Waals surface area contributed by atoms with Gasteiger partial charge in [-0.2, -0.15) is 0 Å². The zero-order chi connectivity index (χ0) is 13.0. The number of hydrogen-bond donors (Lipinski definition) is 1. The molecule has 0 atom stereocenters. The van der Waals surface area contributed by atoms with Gasteiger partial charge in [0.2, 0.25) is 5.91 Å². The molecule has 1 amide bonds. The quantitative estimate of drug-likeness (QED) is 0.731. The highest BCUT2D eigenvalue weighted by atomic mass is 16.2. The Morgan fingerprint density at radius 3 is 2.00 bits per heavy atom. The maximum absolute atomic E-state index is 12.4. The van der Waals surface area contributed by atoms with Crippen molar-refractivity contribution >= 4 is 5.91 Å². The molecule has 0 spiro atoms. The number of nitrogens with zero attached hydrogens (tertiary/aromatic N) is 1. The lowest BCUT2D eigenvalue weighted by Gasteiger charge is -2.40. The molecular weight excluding hydrogens is 200 g/mol. The molecule has 0 aliphatic carbocycles. The van der Waals surface area contributed by atoms with Gasteiger partial charge in [0, 0.05) is 12.1 Å². The molecule has 0 unspecified atom stereocenters. The Bertz CT molecular complexity index is 249. The van der Waals surface area contributed by atoms with Crippen LogP contribution in [0.15, 0.2) is 12.7 Å². The summed E-state index contributed by atoms with van der Waals surface area (Å²) in [4.78, 5) is 14.2. The van der Waals surface area contributed by atoms with Crippen molar-refractivity contribution in [2.75, 3.05) is 6.54 Å². The van der Waals surface area contributed by atoms with Crippen LogP contribution in [0.5, 0.6) is 0 Å². The predicted octanol–water partition coefficient (Wildman–Crippen LogP) is 2.32. The minimum atomic E-state index is -0.740. The van der Waals surface area contributed by atoms with Gasteiger partial charge in [0.1, 0.15) is 0 Å². The minimum absolute atomic E-state index is 0.0184. The third-order valence-electron chi connectivity index (χ3n) is 3.05. The first-order valence-electron chi connectivity index (χ1n) is 5.94. The highest BCUT2D eigenvalue weighted by molar-refractivity contribution is 5.86. The molecule has 0 aliphatic rings. The standard InChI is InChI=1S/C13H26N2O/c1-7-10-15(12(4,5)6)11(16)13(14,8-2)9-3/h7H,1,8-10,14H2,2-6H3. The fourth-order valence-corrected chi connectivity index (χ4v) is 1.61. The molecular formula is C13H26N2O. The molecule has 16 heavy (non-hydrogen) atoms. The Morgan fingerprint density at radius 1 is 1.31 bits per heavy atom. The molecule has 0 rings (SSSR count). The first-order chi connectivity index (χ1) is 7.22. The Balaban J connectivity index is 5.08. The SMILES string of the molecule is C=CCN(C(=O)C(N)(CC)CC)C(C)(C)C. The summed E-state index contributed by atoms with van der Waals surface area (Å²) in [5.41, 5.74) is 5.18. The van der Waals surface area contributed by atoms with E-state index in [1.807, 2.05) is 34.6 Å². The van der Waals surface area contributed by atoms with Crippen molar-refractivity contribution in [2.45, 2.75) is 58.5 Å². The van der Waals surface area contributed by atoms with Crippen LogP contribution in [0.25, 0.3) is 0 Å². The largest absolute Gasteiger partial charge is 0.333 e. The number of carbonyl (C=O) groups excluding carboxylic acids is 1. The molecule has 0 aliphatic heterocycles. The van der Waals surface area contributed by atoms with Crippen LogP contribution in [0.3, 0.4) is 0 Å². The third kappa shape index (κ3) is 3.34. The summed E-state index contributed by atoms with van der Waals surface area (Å²) in [5.74, 6) is 0.0184. The van der Waals surface area contributed by atoms with Crippen molar-refractivity contribution in [3.63, 3.8) is 0 Å². The maximum atomic E-state index is 12.4. The molecule has 2 N–H and O–H groups in total. The lowest BCUT2D eigenvalue weighted by Crippen LogP contribution is -2.59. The van der Waals surface area contributed by atoms with Crippen LogP contribution in [0, 0.1) is 0 Å². The molecule has 3 nitrogen and oxygen atoms in total. The number of rotatable bonds is 5. The number of amides is 1. The van der Waals surface area contributed by atoms with Crippen LogP contribution >= 0.6 is 0 Å². The van der Waals surface area contributed by atoms with E-state index in [2.05, 4.69) is 6.58 Å². The van der Waals surface area contributed by atoms with Crippen molar-refractivity contribution in [2.24, 2.45) is 5.73 Å². The van der Waals surface area contributed by atoms with E-state index < -0.39 is 5.54 Å². The van der Waals surface area contributed by atoms with E-state index >= 15 is 0 Å². The number of hydrogen-bond acceptors (Lipinski definition) is 2. The zero-order valence-electron chi connectivity index (χ0n) is 11.3. The molecule has 94 valence electrons. The van der Waals surface area contributed by atoms with E-state index in [0.717, 1.165) is 0 Å². The molecule has 3 heteroatoms. The van der Waals surface area contributed by atoms with E-state index in [0.29, 0.717) is 19.4 Å². The molecule has 0 aromatic heterocycles. The number of carbonyl (C=O) groups is 1. The molecule has 0 aromatic carbocycles. The molecule has 0 saturated heterocycles. The van der Waals surface area contributed by atoms with Gasteiger partial charge in [0.15, 0.2) is 0 Å². The van der Waals surface area contributed by atoms with Gasteiger partial charge in [-0.3, -0.25) is 4.79 Å². The molecule has 0 radical (unpaired) electrons. The topological polar surface area (TPSA) is 46.3 Å². The van der Waals surface area contributed by atoms with Crippen molar-refractivity contribution in [3.8, 4) is 0 Å². The van der Waals surface area contributed by atoms with E-state index in [1.54, 1.807) is 11.0 Å². The third-order valence-corrected chi connectivity index (χ3v) is 3.05. The summed E-state index contributed by atoms with van der Waals surface area (Å²) < 4.78 is 0. The Morgan fingerprint density at radius 2 is 1.75 bits per heavy atom. The van der Waals surface area contributed by atoms with Gasteiger partial charge >= 0.3 is 0 Å². The molecule has 0 aromatic rings. The fourth-order valence-electron chi connectivity index (χ4n) is 1.61. The second kappa shape index (κ2) is 5.48. The van der Waals surface area contributed by atoms with Gasteiger partial charge in [-0.25, -0.2) is 0 Å². The van der Waals surface area contributed by atoms with Crippen molar-refractivity contribution in [1.82, 2.24) is 4.90 Å². The summed E-state index contributed by atoms with van der Waals surface area (Å²) in [6.45, 7) is 14.2. The average molecular weight is 226 g/mol. The van der Waals surface area contributed by atoms with Crippen molar-refractivity contribution in [1.29, 1.82) is 0 Å². The monoisotopic (exact) mass is 226 g/mol. The molecule has 0 fully saturated rings. The summed E-state index contributed by atoms with van der Waals surface area (Å²) in [6, 6.07) is 0. The van der Waals surface area contributed by atoms with Crippen LogP contribution in [0.1, 0.15) is 47.5 Å². The van der Waals surface area contributed by atoms with Gasteiger partial charge in [-0.05, 0) is 33.6 Å². The minimum Gasteiger partial charge on any atom is -0.333 e. The Kier molecular flexibility index (Phi) is 5.20. The van der Waals surface area contributed by atoms with Crippen LogP contribution in [-0.2, 0) is 4.79 Å². The Labute approximate surface area is 99.7 Å². The van der Waals surface area contributed by atoms with Crippen molar-refractivity contribution in [3.05, 3.63) is 12.7 Å². The summed E-state index contributed by atoms with van der Waals surface area (Å²) in [5, 5.41) is 0. The summed E-state index contributed by atoms with van der Waals surface area (Å²) in [7, 11) is 0. The highest BCUT2D eigenvalue weighted by Gasteiger charge is 2.37. The lowest BCUT2D eigenvalue weighted by atomic mass is 9.90. The average Bonchev–Trinajstić information content (AvgIpc) is 2.22. The second-order valence-electron chi connectivity index (χ2n) is 5.24. The normalized spacial score (nSPS) is 12.4. The van der Waals surface area contributed by atoms with Crippen LogP contribution in [0.2, 0.25) is 0 Å². The van der Waals surface area contributed by atoms with E-state index in [1.165, 1.54) is 0 Å². The number of nitrogens with two attached hydrogens (primary N) is 1. The van der Waals surface area contributed by atoms with E-state index in [9.17, 15) is 4.79 Å². The second-order valence-corrected chi connectivity index (χ2v) is 5.24. The van der Waals surface area contributed by atoms with Gasteiger partial charge in [-0.15, -0.1) is 6.58 Å². The van der Waals surface area contributed by atoms with Crippen LogP contribution in [-0.4, -0.2) is 28.4 Å². The Hall–Kier alpha value is -0.830. The van der Waals surface area contributed by atoms with Crippen LogP contribution < -0.4 is 5.73 Å². The first kappa shape index (κ1) is 15.2. The summed E-state index contributed by atoms with van der Waals surface area (Å²) >= 11 is 0. The predicted molar refractivity (Wildman–Crippen MR) is 69.2 cm³/mol. The van der Waals surface area contributed by atoms with Gasteiger partial charge in [0.25, 0.3) is 0 Å².